The highest BCUT2D eigenvalue weighted by atomic mass is 35.5. The molecule has 0 saturated carbocycles. The molecule has 0 saturated heterocycles. The van der Waals surface area contributed by atoms with Crippen LogP contribution in [-0.2, 0) is 28.3 Å². The number of nitrogens with one attached hydrogen (secondary N) is 1. The second kappa shape index (κ2) is 15.1. The standard InChI is InChI=1S/C30H34Cl2N2O3S/c1-4-21(2)33-30(36)28(16-22-8-6-5-7-9-22)34(18-24-12-13-25(31)17-27(24)32)29(35)20-38-19-23-10-14-26(37-3)15-11-23/h5-15,17,21,28H,4,16,18-20H2,1-3H3,(H,33,36)/t21-,28-/m1/s1. The molecule has 202 valence electrons. The normalized spacial score (nSPS) is 12.4. The lowest BCUT2D eigenvalue weighted by Crippen LogP contribution is -2.52. The van der Waals surface area contributed by atoms with Crippen LogP contribution in [0, 0.1) is 0 Å². The number of carbonyl (C=O) groups excluding carboxylic acids is 2. The molecule has 1 N–H and O–H groups in total. The second-order valence-electron chi connectivity index (χ2n) is 9.12. The van der Waals surface area contributed by atoms with Gasteiger partial charge < -0.3 is 15.0 Å². The van der Waals surface area contributed by atoms with Crippen molar-refractivity contribution >= 4 is 46.8 Å². The van der Waals surface area contributed by atoms with Crippen LogP contribution >= 0.6 is 35.0 Å². The average Bonchev–Trinajstić information content (AvgIpc) is 2.92. The van der Waals surface area contributed by atoms with Gasteiger partial charge in [0.2, 0.25) is 11.8 Å². The van der Waals surface area contributed by atoms with E-state index in [4.69, 9.17) is 27.9 Å². The van der Waals surface area contributed by atoms with Gasteiger partial charge in [-0.05, 0) is 54.3 Å². The Hall–Kier alpha value is -2.67. The summed E-state index contributed by atoms with van der Waals surface area (Å²) in [6.07, 6.45) is 1.18. The van der Waals surface area contributed by atoms with Crippen molar-refractivity contribution in [3.8, 4) is 5.75 Å². The van der Waals surface area contributed by atoms with Gasteiger partial charge >= 0.3 is 0 Å². The fourth-order valence-corrected chi connectivity index (χ4v) is 5.23. The number of benzene rings is 3. The highest BCUT2D eigenvalue weighted by Gasteiger charge is 2.31. The Labute approximate surface area is 239 Å². The summed E-state index contributed by atoms with van der Waals surface area (Å²) in [7, 11) is 1.63. The molecule has 38 heavy (non-hydrogen) atoms. The van der Waals surface area contributed by atoms with Gasteiger partial charge in [-0.25, -0.2) is 0 Å². The summed E-state index contributed by atoms with van der Waals surface area (Å²) in [6, 6.07) is 22.0. The molecule has 5 nitrogen and oxygen atoms in total. The van der Waals surface area contributed by atoms with Crippen LogP contribution in [0.2, 0.25) is 10.0 Å². The zero-order valence-corrected chi connectivity index (χ0v) is 24.3. The Morgan fingerprint density at radius 1 is 1.00 bits per heavy atom. The lowest BCUT2D eigenvalue weighted by Gasteiger charge is -2.32. The molecular formula is C30H34Cl2N2O3S. The monoisotopic (exact) mass is 572 g/mol. The maximum Gasteiger partial charge on any atom is 0.243 e. The number of carbonyl (C=O) groups is 2. The summed E-state index contributed by atoms with van der Waals surface area (Å²) in [5.41, 5.74) is 2.80. The van der Waals surface area contributed by atoms with Crippen LogP contribution in [0.15, 0.2) is 72.8 Å². The maximum absolute atomic E-state index is 13.7. The van der Waals surface area contributed by atoms with E-state index in [0.29, 0.717) is 22.2 Å². The van der Waals surface area contributed by atoms with Gasteiger partial charge in [0.25, 0.3) is 0 Å². The van der Waals surface area contributed by atoms with Crippen molar-refractivity contribution in [3.05, 3.63) is 99.5 Å². The molecular weight excluding hydrogens is 539 g/mol. The fourth-order valence-electron chi connectivity index (χ4n) is 3.89. The Balaban J connectivity index is 1.86. The number of nitrogens with zero attached hydrogens (tertiary/aromatic N) is 1. The molecule has 0 aliphatic carbocycles. The minimum Gasteiger partial charge on any atom is -0.497 e. The highest BCUT2D eigenvalue weighted by molar-refractivity contribution is 7.99. The van der Waals surface area contributed by atoms with E-state index in [2.05, 4.69) is 5.32 Å². The topological polar surface area (TPSA) is 58.6 Å². The van der Waals surface area contributed by atoms with E-state index < -0.39 is 6.04 Å². The smallest absolute Gasteiger partial charge is 0.243 e. The van der Waals surface area contributed by atoms with E-state index in [-0.39, 0.29) is 30.2 Å². The Kier molecular flexibility index (Phi) is 11.8. The molecule has 3 aromatic rings. The van der Waals surface area contributed by atoms with Crippen molar-refractivity contribution in [2.24, 2.45) is 0 Å². The van der Waals surface area contributed by atoms with E-state index in [0.717, 1.165) is 28.9 Å². The van der Waals surface area contributed by atoms with Crippen LogP contribution in [0.3, 0.4) is 0 Å². The predicted octanol–water partition coefficient (Wildman–Crippen LogP) is 6.79. The van der Waals surface area contributed by atoms with E-state index in [9.17, 15) is 9.59 Å². The first-order chi connectivity index (χ1) is 18.3. The molecule has 0 bridgehead atoms. The summed E-state index contributed by atoms with van der Waals surface area (Å²) in [5.74, 6) is 1.36. The predicted molar refractivity (Wildman–Crippen MR) is 158 cm³/mol. The first-order valence-corrected chi connectivity index (χ1v) is 14.5. The lowest BCUT2D eigenvalue weighted by atomic mass is 10.0. The van der Waals surface area contributed by atoms with Crippen LogP contribution in [0.4, 0.5) is 0 Å². The van der Waals surface area contributed by atoms with Crippen molar-refractivity contribution < 1.29 is 14.3 Å². The first-order valence-electron chi connectivity index (χ1n) is 12.6. The zero-order chi connectivity index (χ0) is 27.5. The number of methoxy groups -OCH3 is 1. The van der Waals surface area contributed by atoms with Crippen molar-refractivity contribution in [2.45, 2.75) is 51.1 Å². The van der Waals surface area contributed by atoms with Gasteiger partial charge in [-0.15, -0.1) is 11.8 Å². The molecule has 2 atom stereocenters. The number of ether oxygens (including phenoxy) is 1. The number of thioether (sulfide) groups is 1. The SMILES string of the molecule is CC[C@@H](C)NC(=O)[C@@H](Cc1ccccc1)N(Cc1ccc(Cl)cc1Cl)C(=O)CSCc1ccc(OC)cc1. The average molecular weight is 574 g/mol. The molecule has 3 aromatic carbocycles. The number of rotatable bonds is 13. The van der Waals surface area contributed by atoms with E-state index in [1.165, 1.54) is 11.8 Å². The minimum atomic E-state index is -0.702. The zero-order valence-electron chi connectivity index (χ0n) is 22.0. The van der Waals surface area contributed by atoms with Crippen LogP contribution in [0.25, 0.3) is 0 Å². The van der Waals surface area contributed by atoms with Gasteiger partial charge in [0, 0.05) is 34.8 Å². The lowest BCUT2D eigenvalue weighted by molar-refractivity contribution is -0.139. The minimum absolute atomic E-state index is 0.0127. The molecule has 0 aromatic heterocycles. The van der Waals surface area contributed by atoms with Gasteiger partial charge in [0.1, 0.15) is 11.8 Å². The summed E-state index contributed by atoms with van der Waals surface area (Å²) < 4.78 is 5.23. The summed E-state index contributed by atoms with van der Waals surface area (Å²) in [5, 5.41) is 4.06. The third-order valence-electron chi connectivity index (χ3n) is 6.28. The first kappa shape index (κ1) is 29.9. The summed E-state index contributed by atoms with van der Waals surface area (Å²) in [6.45, 7) is 4.18. The second-order valence-corrected chi connectivity index (χ2v) is 11.0. The molecule has 0 aliphatic rings. The van der Waals surface area contributed by atoms with Gasteiger partial charge in [0.05, 0.1) is 12.9 Å². The number of amides is 2. The molecule has 2 amide bonds. The Bertz CT molecular complexity index is 1190. The van der Waals surface area contributed by atoms with Crippen LogP contribution in [0.1, 0.15) is 37.0 Å². The molecule has 0 radical (unpaired) electrons. The van der Waals surface area contributed by atoms with Gasteiger partial charge in [0.15, 0.2) is 0 Å². The highest BCUT2D eigenvalue weighted by Crippen LogP contribution is 2.25. The number of hydrogen-bond acceptors (Lipinski definition) is 4. The third-order valence-corrected chi connectivity index (χ3v) is 7.86. The van der Waals surface area contributed by atoms with E-state index >= 15 is 0 Å². The van der Waals surface area contributed by atoms with Crippen LogP contribution in [0.5, 0.6) is 5.75 Å². The molecule has 8 heteroatoms. The molecule has 3 rings (SSSR count). The largest absolute Gasteiger partial charge is 0.497 e. The molecule has 0 unspecified atom stereocenters. The molecule has 0 spiro atoms. The quantitative estimate of drug-likeness (QED) is 0.245. The van der Waals surface area contributed by atoms with Crippen LogP contribution < -0.4 is 10.1 Å². The Morgan fingerprint density at radius 2 is 1.71 bits per heavy atom. The van der Waals surface area contributed by atoms with Crippen molar-refractivity contribution in [3.63, 3.8) is 0 Å². The molecule has 0 aliphatic heterocycles. The third kappa shape index (κ3) is 8.97. The van der Waals surface area contributed by atoms with Crippen molar-refractivity contribution in [1.29, 1.82) is 0 Å². The molecule has 0 heterocycles. The molecule has 0 fully saturated rings. The number of halogens is 2. The van der Waals surface area contributed by atoms with Gasteiger partial charge in [-0.2, -0.15) is 0 Å². The van der Waals surface area contributed by atoms with E-state index in [1.54, 1.807) is 24.1 Å². The summed E-state index contributed by atoms with van der Waals surface area (Å²) in [4.78, 5) is 29.0. The van der Waals surface area contributed by atoms with Gasteiger partial charge in [-0.1, -0.05) is 78.7 Å². The Morgan fingerprint density at radius 3 is 2.34 bits per heavy atom. The maximum atomic E-state index is 13.7. The number of hydrogen-bond donors (Lipinski definition) is 1. The summed E-state index contributed by atoms with van der Waals surface area (Å²) >= 11 is 14.1. The fraction of sp³-hybridized carbons (Fsp3) is 0.333. The van der Waals surface area contributed by atoms with Crippen LogP contribution in [-0.4, -0.2) is 41.7 Å². The van der Waals surface area contributed by atoms with Gasteiger partial charge in [-0.3, -0.25) is 9.59 Å². The van der Waals surface area contributed by atoms with Crippen molar-refractivity contribution in [1.82, 2.24) is 10.2 Å². The van der Waals surface area contributed by atoms with Crippen molar-refractivity contribution in [2.75, 3.05) is 12.9 Å². The van der Waals surface area contributed by atoms with E-state index in [1.807, 2.05) is 74.5 Å².